The van der Waals surface area contributed by atoms with Gasteiger partial charge < -0.3 is 14.8 Å². The van der Waals surface area contributed by atoms with E-state index < -0.39 is 12.1 Å². The summed E-state index contributed by atoms with van der Waals surface area (Å²) in [5.74, 6) is -2.84. The van der Waals surface area contributed by atoms with Crippen molar-refractivity contribution in [1.29, 1.82) is 0 Å². The van der Waals surface area contributed by atoms with Gasteiger partial charge in [0.1, 0.15) is 0 Å². The van der Waals surface area contributed by atoms with Gasteiger partial charge in [-0.3, -0.25) is 4.79 Å². The van der Waals surface area contributed by atoms with E-state index in [0.717, 1.165) is 5.52 Å². The standard InChI is InChI=1S/C9H9N3O.C2HF3O2/c1-10-9(13)7-2-3-8-4-11-6-12(8)5-7;3-2(4,5)1(6)7/h2-6H,1H3,(H,10,13);(H,6,7). The molecule has 108 valence electrons. The van der Waals surface area contributed by atoms with E-state index in [1.807, 2.05) is 10.5 Å². The van der Waals surface area contributed by atoms with E-state index in [4.69, 9.17) is 9.90 Å². The summed E-state index contributed by atoms with van der Waals surface area (Å²) in [6.07, 6.45) is 0.0799. The number of nitrogens with zero attached hydrogens (tertiary/aromatic N) is 2. The maximum atomic E-state index is 11.2. The summed E-state index contributed by atoms with van der Waals surface area (Å²) in [6.45, 7) is 0. The van der Waals surface area contributed by atoms with Crippen molar-refractivity contribution in [3.05, 3.63) is 36.4 Å². The first kappa shape index (κ1) is 15.5. The Kier molecular flexibility index (Phi) is 4.68. The van der Waals surface area contributed by atoms with Crippen LogP contribution in [0.5, 0.6) is 0 Å². The van der Waals surface area contributed by atoms with Crippen LogP contribution in [-0.4, -0.2) is 39.6 Å². The van der Waals surface area contributed by atoms with Gasteiger partial charge in [0.2, 0.25) is 0 Å². The number of aromatic nitrogens is 2. The topological polar surface area (TPSA) is 83.7 Å². The van der Waals surface area contributed by atoms with Crippen molar-refractivity contribution in [2.45, 2.75) is 6.18 Å². The largest absolute Gasteiger partial charge is 0.490 e. The lowest BCUT2D eigenvalue weighted by atomic mass is 10.2. The van der Waals surface area contributed by atoms with E-state index in [1.54, 1.807) is 31.8 Å². The Bertz CT molecular complexity index is 622. The zero-order valence-corrected chi connectivity index (χ0v) is 10.2. The Morgan fingerprint density at radius 1 is 1.35 bits per heavy atom. The van der Waals surface area contributed by atoms with Gasteiger partial charge in [-0.2, -0.15) is 13.2 Å². The van der Waals surface area contributed by atoms with Gasteiger partial charge in [-0.05, 0) is 12.1 Å². The van der Waals surface area contributed by atoms with Crippen LogP contribution in [0.3, 0.4) is 0 Å². The van der Waals surface area contributed by atoms with Crippen molar-refractivity contribution in [3.63, 3.8) is 0 Å². The highest BCUT2D eigenvalue weighted by Crippen LogP contribution is 2.13. The fraction of sp³-hybridized carbons (Fsp3) is 0.182. The van der Waals surface area contributed by atoms with E-state index in [2.05, 4.69) is 10.3 Å². The Morgan fingerprint density at radius 2 is 1.95 bits per heavy atom. The maximum Gasteiger partial charge on any atom is 0.490 e. The molecule has 0 fully saturated rings. The zero-order valence-electron chi connectivity index (χ0n) is 10.2. The molecule has 0 saturated carbocycles. The molecule has 0 bridgehead atoms. The maximum absolute atomic E-state index is 11.2. The predicted octanol–water partition coefficient (Wildman–Crippen LogP) is 1.33. The first-order chi connectivity index (χ1) is 9.25. The van der Waals surface area contributed by atoms with E-state index >= 15 is 0 Å². The molecular formula is C11H10F3N3O3. The number of nitrogens with one attached hydrogen (secondary N) is 1. The quantitative estimate of drug-likeness (QED) is 0.829. The molecular weight excluding hydrogens is 279 g/mol. The van der Waals surface area contributed by atoms with Gasteiger partial charge in [0.05, 0.1) is 23.6 Å². The molecule has 0 radical (unpaired) electrons. The van der Waals surface area contributed by atoms with E-state index in [-0.39, 0.29) is 5.91 Å². The highest BCUT2D eigenvalue weighted by atomic mass is 19.4. The average molecular weight is 289 g/mol. The second-order valence-electron chi connectivity index (χ2n) is 3.53. The van der Waals surface area contributed by atoms with Crippen molar-refractivity contribution < 1.29 is 27.9 Å². The number of hydrogen-bond donors (Lipinski definition) is 2. The minimum Gasteiger partial charge on any atom is -0.475 e. The van der Waals surface area contributed by atoms with Crippen LogP contribution >= 0.6 is 0 Å². The first-order valence-corrected chi connectivity index (χ1v) is 5.19. The molecule has 0 saturated heterocycles. The lowest BCUT2D eigenvalue weighted by molar-refractivity contribution is -0.192. The Balaban J connectivity index is 0.000000246. The number of fused-ring (bicyclic) bond motifs is 1. The number of pyridine rings is 1. The zero-order chi connectivity index (χ0) is 15.3. The molecule has 6 nitrogen and oxygen atoms in total. The molecule has 0 aliphatic heterocycles. The van der Waals surface area contributed by atoms with Gasteiger partial charge in [0.15, 0.2) is 0 Å². The second kappa shape index (κ2) is 6.04. The molecule has 2 N–H and O–H groups in total. The molecule has 0 atom stereocenters. The number of halogens is 3. The van der Waals surface area contributed by atoms with Crippen molar-refractivity contribution in [3.8, 4) is 0 Å². The van der Waals surface area contributed by atoms with Gasteiger partial charge in [-0.15, -0.1) is 0 Å². The third-order valence-corrected chi connectivity index (χ3v) is 2.14. The molecule has 0 spiro atoms. The fourth-order valence-corrected chi connectivity index (χ4v) is 1.20. The molecule has 9 heteroatoms. The molecule has 1 amide bonds. The van der Waals surface area contributed by atoms with Crippen LogP contribution in [-0.2, 0) is 4.79 Å². The van der Waals surface area contributed by atoms with E-state index in [0.29, 0.717) is 5.56 Å². The number of hydrogen-bond acceptors (Lipinski definition) is 3. The number of carbonyl (C=O) groups is 2. The van der Waals surface area contributed by atoms with Crippen LogP contribution in [0.25, 0.3) is 5.52 Å². The Hall–Kier alpha value is -2.58. The minimum atomic E-state index is -5.08. The summed E-state index contributed by atoms with van der Waals surface area (Å²) in [5, 5.41) is 9.69. The highest BCUT2D eigenvalue weighted by Gasteiger charge is 2.38. The molecule has 0 aliphatic carbocycles. The lowest BCUT2D eigenvalue weighted by Gasteiger charge is -1.99. The number of imidazole rings is 1. The Labute approximate surface area is 110 Å². The van der Waals surface area contributed by atoms with Gasteiger partial charge in [0.25, 0.3) is 5.91 Å². The van der Waals surface area contributed by atoms with Crippen molar-refractivity contribution in [2.24, 2.45) is 0 Å². The van der Waals surface area contributed by atoms with Crippen LogP contribution < -0.4 is 5.32 Å². The predicted molar refractivity (Wildman–Crippen MR) is 62.3 cm³/mol. The first-order valence-electron chi connectivity index (χ1n) is 5.19. The molecule has 2 rings (SSSR count). The fourth-order valence-electron chi connectivity index (χ4n) is 1.20. The summed E-state index contributed by atoms with van der Waals surface area (Å²) in [4.78, 5) is 24.1. The molecule has 2 heterocycles. The number of rotatable bonds is 1. The highest BCUT2D eigenvalue weighted by molar-refractivity contribution is 5.94. The normalized spacial score (nSPS) is 10.6. The molecule has 2 aromatic heterocycles. The van der Waals surface area contributed by atoms with Crippen molar-refractivity contribution in [2.75, 3.05) is 7.05 Å². The summed E-state index contributed by atoms with van der Waals surface area (Å²) in [5.41, 5.74) is 1.61. The summed E-state index contributed by atoms with van der Waals surface area (Å²) >= 11 is 0. The van der Waals surface area contributed by atoms with E-state index in [1.165, 1.54) is 0 Å². The molecule has 0 aliphatic rings. The summed E-state index contributed by atoms with van der Waals surface area (Å²) in [6, 6.07) is 3.63. The van der Waals surface area contributed by atoms with E-state index in [9.17, 15) is 18.0 Å². The molecule has 2 aromatic rings. The van der Waals surface area contributed by atoms with Crippen LogP contribution in [0.15, 0.2) is 30.9 Å². The number of carbonyl (C=O) groups excluding carboxylic acids is 1. The molecule has 0 aromatic carbocycles. The number of aliphatic carboxylic acids is 1. The van der Waals surface area contributed by atoms with Crippen LogP contribution in [0.4, 0.5) is 13.2 Å². The van der Waals surface area contributed by atoms with Crippen LogP contribution in [0.2, 0.25) is 0 Å². The molecule has 0 unspecified atom stereocenters. The van der Waals surface area contributed by atoms with Crippen LogP contribution in [0, 0.1) is 0 Å². The summed E-state index contributed by atoms with van der Waals surface area (Å²) < 4.78 is 33.5. The lowest BCUT2D eigenvalue weighted by Crippen LogP contribution is -2.21. The number of carboxylic acids is 1. The van der Waals surface area contributed by atoms with Gasteiger partial charge >= 0.3 is 12.1 Å². The second-order valence-corrected chi connectivity index (χ2v) is 3.53. The Morgan fingerprint density at radius 3 is 2.45 bits per heavy atom. The smallest absolute Gasteiger partial charge is 0.475 e. The van der Waals surface area contributed by atoms with Crippen molar-refractivity contribution >= 4 is 17.4 Å². The van der Waals surface area contributed by atoms with Gasteiger partial charge in [-0.1, -0.05) is 0 Å². The molecule has 20 heavy (non-hydrogen) atoms. The summed E-state index contributed by atoms with van der Waals surface area (Å²) in [7, 11) is 1.61. The van der Waals surface area contributed by atoms with Crippen LogP contribution in [0.1, 0.15) is 10.4 Å². The number of alkyl halides is 3. The third-order valence-electron chi connectivity index (χ3n) is 2.14. The third kappa shape index (κ3) is 3.97. The number of amides is 1. The van der Waals surface area contributed by atoms with Gasteiger partial charge in [0, 0.05) is 13.2 Å². The SMILES string of the molecule is CNC(=O)c1ccc2cncn2c1.O=C(O)C(F)(F)F. The number of carboxylic acid groups (broad SMARTS) is 1. The average Bonchev–Trinajstić information content (AvgIpc) is 2.84. The monoisotopic (exact) mass is 289 g/mol. The minimum absolute atomic E-state index is 0.0874. The van der Waals surface area contributed by atoms with Crippen molar-refractivity contribution in [1.82, 2.24) is 14.7 Å². The van der Waals surface area contributed by atoms with Gasteiger partial charge in [-0.25, -0.2) is 9.78 Å².